The summed E-state index contributed by atoms with van der Waals surface area (Å²) in [5, 5.41) is 18.9. The van der Waals surface area contributed by atoms with Crippen molar-refractivity contribution in [3.63, 3.8) is 0 Å². The van der Waals surface area contributed by atoms with Crippen molar-refractivity contribution < 1.29 is 10.2 Å². The molecule has 1 aliphatic rings. The van der Waals surface area contributed by atoms with Gasteiger partial charge in [-0.15, -0.1) is 0 Å². The van der Waals surface area contributed by atoms with Gasteiger partial charge in [-0.25, -0.2) is 9.97 Å². The average molecular weight is 230 g/mol. The van der Waals surface area contributed by atoms with E-state index in [1.54, 1.807) is 0 Å². The van der Waals surface area contributed by atoms with Crippen LogP contribution >= 0.6 is 11.6 Å². The van der Waals surface area contributed by atoms with E-state index in [1.165, 1.54) is 6.33 Å². The molecule has 1 atom stereocenters. The number of hydrogen-bond acceptors (Lipinski definition) is 5. The zero-order valence-electron chi connectivity index (χ0n) is 8.10. The second-order valence-electron chi connectivity index (χ2n) is 3.51. The highest BCUT2D eigenvalue weighted by atomic mass is 35.5. The highest BCUT2D eigenvalue weighted by molar-refractivity contribution is 6.30. The summed E-state index contributed by atoms with van der Waals surface area (Å²) in [5.74, 6) is 0.619. The van der Waals surface area contributed by atoms with Crippen molar-refractivity contribution in [3.05, 3.63) is 17.0 Å². The summed E-state index contributed by atoms with van der Waals surface area (Å²) < 4.78 is 0. The van der Waals surface area contributed by atoms with E-state index in [0.717, 1.165) is 6.54 Å². The molecule has 0 saturated carbocycles. The van der Waals surface area contributed by atoms with Gasteiger partial charge in [-0.2, -0.15) is 0 Å². The second-order valence-corrected chi connectivity index (χ2v) is 3.87. The van der Waals surface area contributed by atoms with Gasteiger partial charge in [0.15, 0.2) is 0 Å². The monoisotopic (exact) mass is 229 g/mol. The van der Waals surface area contributed by atoms with E-state index in [1.807, 2.05) is 4.90 Å². The van der Waals surface area contributed by atoms with Crippen LogP contribution in [0.5, 0.6) is 0 Å². The van der Waals surface area contributed by atoms with Gasteiger partial charge in [0.1, 0.15) is 17.3 Å². The SMILES string of the molecule is OCc1c(Cl)ncnc1N1CCC(O)C1. The molecule has 6 heteroatoms. The second kappa shape index (κ2) is 4.30. The van der Waals surface area contributed by atoms with Crippen LogP contribution in [0.1, 0.15) is 12.0 Å². The first-order valence-corrected chi connectivity index (χ1v) is 5.13. The maximum absolute atomic E-state index is 9.41. The zero-order valence-corrected chi connectivity index (χ0v) is 8.85. The highest BCUT2D eigenvalue weighted by Crippen LogP contribution is 2.26. The topological polar surface area (TPSA) is 69.5 Å². The summed E-state index contributed by atoms with van der Waals surface area (Å²) >= 11 is 5.84. The van der Waals surface area contributed by atoms with Gasteiger partial charge >= 0.3 is 0 Å². The molecule has 5 nitrogen and oxygen atoms in total. The van der Waals surface area contributed by atoms with Crippen LogP contribution in [-0.4, -0.2) is 39.4 Å². The fourth-order valence-corrected chi connectivity index (χ4v) is 1.91. The normalized spacial score (nSPS) is 21.0. The van der Waals surface area contributed by atoms with Crippen LogP contribution in [0.3, 0.4) is 0 Å². The molecule has 1 saturated heterocycles. The number of aliphatic hydroxyl groups excluding tert-OH is 2. The molecule has 0 aliphatic carbocycles. The molecule has 0 amide bonds. The highest BCUT2D eigenvalue weighted by Gasteiger charge is 2.24. The van der Waals surface area contributed by atoms with E-state index in [0.29, 0.717) is 24.3 Å². The lowest BCUT2D eigenvalue weighted by molar-refractivity contribution is 0.198. The van der Waals surface area contributed by atoms with E-state index in [9.17, 15) is 10.2 Å². The number of nitrogens with zero attached hydrogens (tertiary/aromatic N) is 3. The van der Waals surface area contributed by atoms with Crippen LogP contribution < -0.4 is 4.90 Å². The Kier molecular flexibility index (Phi) is 3.04. The molecule has 15 heavy (non-hydrogen) atoms. The summed E-state index contributed by atoms with van der Waals surface area (Å²) in [4.78, 5) is 9.80. The standard InChI is InChI=1S/C9H12ClN3O2/c10-8-7(4-14)9(12-5-11-8)13-2-1-6(15)3-13/h5-6,14-15H,1-4H2. The van der Waals surface area contributed by atoms with Crippen LogP contribution in [0.15, 0.2) is 6.33 Å². The number of aliphatic hydroxyl groups is 2. The van der Waals surface area contributed by atoms with E-state index in [2.05, 4.69) is 9.97 Å². The van der Waals surface area contributed by atoms with Gasteiger partial charge in [0, 0.05) is 13.1 Å². The van der Waals surface area contributed by atoms with E-state index < -0.39 is 0 Å². The molecule has 82 valence electrons. The molecule has 0 spiro atoms. The third-order valence-electron chi connectivity index (χ3n) is 2.49. The van der Waals surface area contributed by atoms with Gasteiger partial charge in [-0.1, -0.05) is 11.6 Å². The first-order chi connectivity index (χ1) is 7.22. The van der Waals surface area contributed by atoms with Crippen LogP contribution in [0.4, 0.5) is 5.82 Å². The Morgan fingerprint density at radius 1 is 1.53 bits per heavy atom. The van der Waals surface area contributed by atoms with Crippen molar-refractivity contribution in [1.29, 1.82) is 0 Å². The number of rotatable bonds is 2. The molecular formula is C9H12ClN3O2. The predicted molar refractivity (Wildman–Crippen MR) is 55.8 cm³/mol. The minimum atomic E-state index is -0.328. The van der Waals surface area contributed by atoms with Gasteiger partial charge in [0.2, 0.25) is 0 Å². The number of anilines is 1. The molecule has 1 fully saturated rings. The lowest BCUT2D eigenvalue weighted by Gasteiger charge is -2.19. The third-order valence-corrected chi connectivity index (χ3v) is 2.82. The Labute approximate surface area is 92.3 Å². The zero-order chi connectivity index (χ0) is 10.8. The van der Waals surface area contributed by atoms with Gasteiger partial charge in [0.05, 0.1) is 18.3 Å². The quantitative estimate of drug-likeness (QED) is 0.709. The van der Waals surface area contributed by atoms with E-state index >= 15 is 0 Å². The Morgan fingerprint density at radius 2 is 2.33 bits per heavy atom. The minimum absolute atomic E-state index is 0.193. The van der Waals surface area contributed by atoms with Crippen molar-refractivity contribution in [2.45, 2.75) is 19.1 Å². The van der Waals surface area contributed by atoms with Crippen LogP contribution in [0.2, 0.25) is 5.15 Å². The molecule has 0 radical (unpaired) electrons. The van der Waals surface area contributed by atoms with E-state index in [4.69, 9.17) is 11.6 Å². The van der Waals surface area contributed by atoms with Gasteiger partial charge in [-0.05, 0) is 6.42 Å². The first-order valence-electron chi connectivity index (χ1n) is 4.75. The van der Waals surface area contributed by atoms with Gasteiger partial charge in [-0.3, -0.25) is 0 Å². The third kappa shape index (κ3) is 2.04. The number of aromatic nitrogens is 2. The molecule has 1 aromatic heterocycles. The number of β-amino-alcohol motifs (C(OH)–C–C–N with tert-alkyl or cyclic N) is 1. The fourth-order valence-electron chi connectivity index (χ4n) is 1.72. The lowest BCUT2D eigenvalue weighted by atomic mass is 10.3. The van der Waals surface area contributed by atoms with Gasteiger partial charge < -0.3 is 15.1 Å². The molecule has 2 N–H and O–H groups in total. The maximum atomic E-state index is 9.41. The number of hydrogen-bond donors (Lipinski definition) is 2. The summed E-state index contributed by atoms with van der Waals surface area (Å²) in [6, 6.07) is 0. The Balaban J connectivity index is 2.31. The van der Waals surface area contributed by atoms with Crippen molar-refractivity contribution in [3.8, 4) is 0 Å². The van der Waals surface area contributed by atoms with Crippen molar-refractivity contribution in [2.24, 2.45) is 0 Å². The molecule has 1 aromatic rings. The van der Waals surface area contributed by atoms with E-state index in [-0.39, 0.29) is 17.9 Å². The van der Waals surface area contributed by atoms with Crippen LogP contribution in [0, 0.1) is 0 Å². The molecule has 1 unspecified atom stereocenters. The van der Waals surface area contributed by atoms with Crippen LogP contribution in [-0.2, 0) is 6.61 Å². The Bertz CT molecular complexity index is 361. The largest absolute Gasteiger partial charge is 0.391 e. The van der Waals surface area contributed by atoms with Crippen molar-refractivity contribution in [2.75, 3.05) is 18.0 Å². The molecule has 1 aliphatic heterocycles. The Morgan fingerprint density at radius 3 is 2.93 bits per heavy atom. The summed E-state index contributed by atoms with van der Waals surface area (Å²) in [6.07, 6.45) is 1.75. The average Bonchev–Trinajstić information content (AvgIpc) is 2.64. The minimum Gasteiger partial charge on any atom is -0.391 e. The lowest BCUT2D eigenvalue weighted by Crippen LogP contribution is -2.24. The smallest absolute Gasteiger partial charge is 0.140 e. The summed E-state index contributed by atoms with van der Waals surface area (Å²) in [6.45, 7) is 1.06. The van der Waals surface area contributed by atoms with Crippen LogP contribution in [0.25, 0.3) is 0 Å². The molecule has 2 heterocycles. The molecule has 0 bridgehead atoms. The predicted octanol–water partition coefficient (Wildman–Crippen LogP) is 0.193. The molecular weight excluding hydrogens is 218 g/mol. The summed E-state index contributed by atoms with van der Waals surface area (Å²) in [5.41, 5.74) is 0.522. The van der Waals surface area contributed by atoms with Crippen molar-refractivity contribution >= 4 is 17.4 Å². The van der Waals surface area contributed by atoms with Crippen molar-refractivity contribution in [1.82, 2.24) is 9.97 Å². The van der Waals surface area contributed by atoms with Gasteiger partial charge in [0.25, 0.3) is 0 Å². The summed E-state index contributed by atoms with van der Waals surface area (Å²) in [7, 11) is 0. The fraction of sp³-hybridized carbons (Fsp3) is 0.556. The Hall–Kier alpha value is -0.910. The first kappa shape index (κ1) is 10.6. The molecule has 0 aromatic carbocycles. The molecule has 2 rings (SSSR count). The number of halogens is 1. The maximum Gasteiger partial charge on any atom is 0.140 e.